The fraction of sp³-hybridized carbons (Fsp3) is 0.308. The first kappa shape index (κ1) is 14.8. The predicted octanol–water partition coefficient (Wildman–Crippen LogP) is 1.67. The van der Waals surface area contributed by atoms with Gasteiger partial charge < -0.3 is 15.0 Å². The van der Waals surface area contributed by atoms with Crippen molar-refractivity contribution in [1.82, 2.24) is 0 Å². The predicted molar refractivity (Wildman–Crippen MR) is 63.2 cm³/mol. The molecule has 1 aromatic rings. The van der Waals surface area contributed by atoms with Gasteiger partial charge in [-0.2, -0.15) is 0 Å². The second-order valence-electron chi connectivity index (χ2n) is 4.11. The Balaban J connectivity index is 3.15. The summed E-state index contributed by atoms with van der Waals surface area (Å²) < 4.78 is 13.2. The maximum Gasteiger partial charge on any atom is 0.307 e. The lowest BCUT2D eigenvalue weighted by Gasteiger charge is -2.21. The fourth-order valence-corrected chi connectivity index (χ4v) is 1.96. The van der Waals surface area contributed by atoms with E-state index in [2.05, 4.69) is 0 Å². The largest absolute Gasteiger partial charge is 0.481 e. The zero-order valence-corrected chi connectivity index (χ0v) is 9.95. The van der Waals surface area contributed by atoms with Crippen LogP contribution >= 0.6 is 0 Å². The molecule has 0 bridgehead atoms. The normalized spacial score (nSPS) is 13.5. The molecule has 102 valence electrons. The quantitative estimate of drug-likeness (QED) is 0.734. The van der Waals surface area contributed by atoms with Crippen LogP contribution in [0.1, 0.15) is 24.3 Å². The van der Waals surface area contributed by atoms with Gasteiger partial charge in [-0.1, -0.05) is 12.1 Å². The molecular weight excluding hydrogens is 255 g/mol. The van der Waals surface area contributed by atoms with Crippen molar-refractivity contribution in [3.8, 4) is 0 Å². The summed E-state index contributed by atoms with van der Waals surface area (Å²) >= 11 is 0. The number of aliphatic carboxylic acids is 2. The number of aldehydes is 1. The molecule has 0 aliphatic heterocycles. The van der Waals surface area contributed by atoms with Crippen LogP contribution in [0.25, 0.3) is 0 Å². The molecule has 0 amide bonds. The lowest BCUT2D eigenvalue weighted by Crippen LogP contribution is -2.25. The van der Waals surface area contributed by atoms with Crippen molar-refractivity contribution in [2.45, 2.75) is 18.8 Å². The van der Waals surface area contributed by atoms with Crippen molar-refractivity contribution in [1.29, 1.82) is 0 Å². The third-order valence-electron chi connectivity index (χ3n) is 2.82. The Morgan fingerprint density at radius 1 is 1.32 bits per heavy atom. The number of hydrogen-bond donors (Lipinski definition) is 2. The lowest BCUT2D eigenvalue weighted by atomic mass is 9.82. The van der Waals surface area contributed by atoms with Gasteiger partial charge in [0.2, 0.25) is 0 Å². The van der Waals surface area contributed by atoms with E-state index < -0.39 is 36.0 Å². The smallest absolute Gasteiger partial charge is 0.307 e. The summed E-state index contributed by atoms with van der Waals surface area (Å²) in [6.45, 7) is 0. The number of hydrogen-bond acceptors (Lipinski definition) is 3. The van der Waals surface area contributed by atoms with Crippen LogP contribution in [0, 0.1) is 11.7 Å². The van der Waals surface area contributed by atoms with Crippen LogP contribution in [0.5, 0.6) is 0 Å². The van der Waals surface area contributed by atoms with E-state index in [1.54, 1.807) is 0 Å². The first-order chi connectivity index (χ1) is 8.95. The van der Waals surface area contributed by atoms with E-state index in [0.29, 0.717) is 6.29 Å². The molecule has 0 saturated carbocycles. The zero-order chi connectivity index (χ0) is 14.4. The van der Waals surface area contributed by atoms with E-state index in [9.17, 15) is 18.8 Å². The van der Waals surface area contributed by atoms with Crippen molar-refractivity contribution in [3.63, 3.8) is 0 Å². The number of benzene rings is 1. The van der Waals surface area contributed by atoms with Gasteiger partial charge in [0, 0.05) is 12.3 Å². The minimum atomic E-state index is -1.28. The van der Waals surface area contributed by atoms with E-state index in [0.717, 1.165) is 6.07 Å². The molecule has 0 aromatic heterocycles. The molecule has 2 atom stereocenters. The van der Waals surface area contributed by atoms with Crippen molar-refractivity contribution >= 4 is 18.2 Å². The van der Waals surface area contributed by atoms with Crippen molar-refractivity contribution in [2.75, 3.05) is 0 Å². The summed E-state index contributed by atoms with van der Waals surface area (Å²) in [6, 6.07) is 5.10. The summed E-state index contributed by atoms with van der Waals surface area (Å²) in [6.07, 6.45) is -0.370. The Morgan fingerprint density at radius 2 is 2.00 bits per heavy atom. The molecule has 0 heterocycles. The Hall–Kier alpha value is -2.24. The van der Waals surface area contributed by atoms with Crippen LogP contribution in [0.4, 0.5) is 4.39 Å². The van der Waals surface area contributed by atoms with Gasteiger partial charge in [-0.3, -0.25) is 9.59 Å². The maximum atomic E-state index is 13.2. The van der Waals surface area contributed by atoms with E-state index in [1.807, 2.05) is 0 Å². The number of rotatable bonds is 7. The molecule has 0 aliphatic carbocycles. The molecule has 2 N–H and O–H groups in total. The summed E-state index contributed by atoms with van der Waals surface area (Å²) in [4.78, 5) is 32.5. The topological polar surface area (TPSA) is 91.7 Å². The molecule has 0 spiro atoms. The number of carboxylic acid groups (broad SMARTS) is 2. The summed E-state index contributed by atoms with van der Waals surface area (Å²) in [5, 5.41) is 17.9. The summed E-state index contributed by atoms with van der Waals surface area (Å²) in [5.74, 6) is -5.19. The lowest BCUT2D eigenvalue weighted by molar-refractivity contribution is -0.145. The first-order valence-electron chi connectivity index (χ1n) is 5.59. The SMILES string of the molecule is O=CCC(C(=O)O)C(CC(=O)O)c1cccc(F)c1. The van der Waals surface area contributed by atoms with E-state index in [-0.39, 0.29) is 12.0 Å². The van der Waals surface area contributed by atoms with Crippen molar-refractivity contribution in [3.05, 3.63) is 35.6 Å². The first-order valence-corrected chi connectivity index (χ1v) is 5.59. The average molecular weight is 268 g/mol. The second-order valence-corrected chi connectivity index (χ2v) is 4.11. The Morgan fingerprint density at radius 3 is 2.47 bits per heavy atom. The van der Waals surface area contributed by atoms with Gasteiger partial charge in [0.25, 0.3) is 0 Å². The standard InChI is InChI=1S/C13H13FO5/c14-9-3-1-2-8(6-9)11(7-12(16)17)10(4-5-15)13(18)19/h1-3,5-6,10-11H,4,7H2,(H,16,17)(H,18,19). The highest BCUT2D eigenvalue weighted by molar-refractivity contribution is 5.77. The van der Waals surface area contributed by atoms with Gasteiger partial charge in [0.1, 0.15) is 12.1 Å². The van der Waals surface area contributed by atoms with Crippen molar-refractivity contribution in [2.24, 2.45) is 5.92 Å². The molecular formula is C13H13FO5. The van der Waals surface area contributed by atoms with Gasteiger partial charge in [-0.15, -0.1) is 0 Å². The van der Waals surface area contributed by atoms with Crippen LogP contribution in [0.15, 0.2) is 24.3 Å². The molecule has 0 aliphatic rings. The fourth-order valence-electron chi connectivity index (χ4n) is 1.96. The van der Waals surface area contributed by atoms with E-state index >= 15 is 0 Å². The van der Waals surface area contributed by atoms with E-state index in [1.165, 1.54) is 18.2 Å². The molecule has 5 nitrogen and oxygen atoms in total. The average Bonchev–Trinajstić information content (AvgIpc) is 2.33. The number of carboxylic acids is 2. The Kier molecular flexibility index (Phi) is 5.17. The van der Waals surface area contributed by atoms with Crippen LogP contribution in [-0.2, 0) is 14.4 Å². The number of halogens is 1. The van der Waals surface area contributed by atoms with Crippen LogP contribution < -0.4 is 0 Å². The molecule has 2 unspecified atom stereocenters. The summed E-state index contributed by atoms with van der Waals surface area (Å²) in [5.41, 5.74) is 0.261. The zero-order valence-electron chi connectivity index (χ0n) is 9.95. The summed E-state index contributed by atoms with van der Waals surface area (Å²) in [7, 11) is 0. The van der Waals surface area contributed by atoms with Crippen LogP contribution in [0.2, 0.25) is 0 Å². The monoisotopic (exact) mass is 268 g/mol. The minimum absolute atomic E-state index is 0.261. The molecule has 19 heavy (non-hydrogen) atoms. The highest BCUT2D eigenvalue weighted by Crippen LogP contribution is 2.30. The molecule has 0 radical (unpaired) electrons. The highest BCUT2D eigenvalue weighted by atomic mass is 19.1. The number of carbonyl (C=O) groups excluding carboxylic acids is 1. The minimum Gasteiger partial charge on any atom is -0.481 e. The molecule has 1 rings (SSSR count). The Bertz CT molecular complexity index is 486. The third kappa shape index (κ3) is 4.17. The van der Waals surface area contributed by atoms with Gasteiger partial charge >= 0.3 is 11.9 Å². The van der Waals surface area contributed by atoms with Gasteiger partial charge in [0.15, 0.2) is 0 Å². The third-order valence-corrected chi connectivity index (χ3v) is 2.82. The van der Waals surface area contributed by atoms with Gasteiger partial charge in [0.05, 0.1) is 12.3 Å². The van der Waals surface area contributed by atoms with Crippen LogP contribution in [0.3, 0.4) is 0 Å². The highest BCUT2D eigenvalue weighted by Gasteiger charge is 2.31. The Labute approximate surface area is 108 Å². The van der Waals surface area contributed by atoms with Gasteiger partial charge in [-0.05, 0) is 17.7 Å². The van der Waals surface area contributed by atoms with Gasteiger partial charge in [-0.25, -0.2) is 4.39 Å². The molecule has 1 aromatic carbocycles. The van der Waals surface area contributed by atoms with E-state index in [4.69, 9.17) is 10.2 Å². The van der Waals surface area contributed by atoms with Crippen LogP contribution in [-0.4, -0.2) is 28.4 Å². The maximum absolute atomic E-state index is 13.2. The van der Waals surface area contributed by atoms with Crippen molar-refractivity contribution < 1.29 is 29.0 Å². The second kappa shape index (κ2) is 6.63. The number of carbonyl (C=O) groups is 3. The molecule has 0 saturated heterocycles. The molecule has 6 heteroatoms. The molecule has 0 fully saturated rings.